The Morgan fingerprint density at radius 2 is 2.21 bits per heavy atom. The van der Waals surface area contributed by atoms with Gasteiger partial charge < -0.3 is 10.0 Å². The van der Waals surface area contributed by atoms with E-state index in [9.17, 15) is 10.4 Å². The average Bonchev–Trinajstić information content (AvgIpc) is 3.15. The Labute approximate surface area is 171 Å². The maximum absolute atomic E-state index is 10.9. The van der Waals surface area contributed by atoms with Crippen molar-refractivity contribution in [2.75, 3.05) is 4.90 Å². The molecule has 0 saturated carbocycles. The van der Waals surface area contributed by atoms with Gasteiger partial charge in [-0.2, -0.15) is 5.26 Å². The van der Waals surface area contributed by atoms with Gasteiger partial charge >= 0.3 is 0 Å². The van der Waals surface area contributed by atoms with E-state index in [4.69, 9.17) is 11.6 Å². The second kappa shape index (κ2) is 7.47. The predicted molar refractivity (Wildman–Crippen MR) is 113 cm³/mol. The molecule has 1 aliphatic rings. The van der Waals surface area contributed by atoms with E-state index in [1.807, 2.05) is 41.5 Å². The van der Waals surface area contributed by atoms with Crippen molar-refractivity contribution in [2.45, 2.75) is 13.5 Å². The lowest BCUT2D eigenvalue weighted by Gasteiger charge is -2.29. The van der Waals surface area contributed by atoms with Crippen LogP contribution in [0.5, 0.6) is 0 Å². The molecular formula is C21H15ClN4OS. The van der Waals surface area contributed by atoms with Crippen LogP contribution in [0.4, 0.5) is 11.4 Å². The molecule has 0 saturated heterocycles. The Morgan fingerprint density at radius 1 is 1.36 bits per heavy atom. The quantitative estimate of drug-likeness (QED) is 0.452. The van der Waals surface area contributed by atoms with Crippen molar-refractivity contribution in [3.8, 4) is 6.07 Å². The number of nitrogens with zero attached hydrogens (tertiary/aromatic N) is 4. The summed E-state index contributed by atoms with van der Waals surface area (Å²) in [7, 11) is 0. The van der Waals surface area contributed by atoms with Gasteiger partial charge in [0.2, 0.25) is 0 Å². The van der Waals surface area contributed by atoms with Crippen LogP contribution in [0.3, 0.4) is 0 Å². The van der Waals surface area contributed by atoms with Crippen molar-refractivity contribution in [3.05, 3.63) is 80.5 Å². The van der Waals surface area contributed by atoms with Crippen molar-refractivity contribution in [3.63, 3.8) is 0 Å². The summed E-state index contributed by atoms with van der Waals surface area (Å²) in [6.45, 7) is 2.46. The maximum atomic E-state index is 10.9. The van der Waals surface area contributed by atoms with Crippen LogP contribution in [0.15, 0.2) is 58.7 Å². The minimum atomic E-state index is -0.0427. The highest BCUT2D eigenvalue weighted by molar-refractivity contribution is 7.10. The summed E-state index contributed by atoms with van der Waals surface area (Å²) in [5.41, 5.74) is 3.59. The first-order chi connectivity index (χ1) is 13.6. The maximum Gasteiger partial charge on any atom is 0.176 e. The summed E-state index contributed by atoms with van der Waals surface area (Å²) in [5.74, 6) is 0.324. The lowest BCUT2D eigenvalue weighted by Crippen LogP contribution is -2.34. The molecular weight excluding hydrogens is 392 g/mol. The molecule has 3 aromatic rings. The van der Waals surface area contributed by atoms with Gasteiger partial charge in [0.05, 0.1) is 34.4 Å². The zero-order chi connectivity index (χ0) is 19.7. The Morgan fingerprint density at radius 3 is 3.00 bits per heavy atom. The average molecular weight is 407 g/mol. The van der Waals surface area contributed by atoms with Crippen LogP contribution in [-0.4, -0.2) is 15.9 Å². The van der Waals surface area contributed by atoms with Crippen LogP contribution < -0.4 is 4.90 Å². The highest BCUT2D eigenvalue weighted by Gasteiger charge is 2.26. The molecule has 5 nitrogen and oxygen atoms in total. The molecule has 0 unspecified atom stereocenters. The number of benzene rings is 1. The molecule has 138 valence electrons. The smallest absolute Gasteiger partial charge is 0.176 e. The first kappa shape index (κ1) is 18.2. The van der Waals surface area contributed by atoms with Crippen LogP contribution in [0, 0.1) is 18.3 Å². The third-order valence-corrected chi connectivity index (χ3v) is 5.57. The number of aliphatic imine (C=N–C) groups is 1. The zero-order valence-corrected chi connectivity index (χ0v) is 16.5. The molecule has 0 atom stereocenters. The molecule has 0 aliphatic carbocycles. The molecule has 3 heterocycles. The molecule has 4 rings (SSSR count). The highest BCUT2D eigenvalue weighted by atomic mass is 35.5. The molecule has 1 N–H and O–H groups in total. The fraction of sp³-hybridized carbons (Fsp3) is 0.0952. The Kier molecular flexibility index (Phi) is 4.86. The Balaban J connectivity index is 1.84. The van der Waals surface area contributed by atoms with Gasteiger partial charge in [0.15, 0.2) is 16.7 Å². The van der Waals surface area contributed by atoms with Crippen LogP contribution >= 0.6 is 22.9 Å². The number of rotatable bonds is 3. The van der Waals surface area contributed by atoms with Crippen LogP contribution in [-0.2, 0) is 6.54 Å². The second-order valence-corrected chi connectivity index (χ2v) is 7.65. The van der Waals surface area contributed by atoms with E-state index in [0.717, 1.165) is 16.1 Å². The minimum Gasteiger partial charge on any atom is -0.504 e. The normalized spacial score (nSPS) is 13.7. The SMILES string of the molecule is Cc1ccc(C#N)c(C=C(O)C2=Nc3ccsc3CN2c2cccnc2Cl)c1. The van der Waals surface area contributed by atoms with Crippen molar-refractivity contribution >= 4 is 46.2 Å². The third-order valence-electron chi connectivity index (χ3n) is 4.38. The standard InChI is InChI=1S/C21H15ClN4OS/c1-13-4-5-14(11-23)15(9-13)10-18(27)21-25-16-6-8-28-19(16)12-26(21)17-3-2-7-24-20(17)22/h2-10,27H,12H2,1H3. The summed E-state index contributed by atoms with van der Waals surface area (Å²) in [4.78, 5) is 11.7. The number of nitriles is 1. The summed E-state index contributed by atoms with van der Waals surface area (Å²) in [6, 6.07) is 13.2. The number of pyridine rings is 1. The van der Waals surface area contributed by atoms with Gasteiger partial charge in [0.25, 0.3) is 0 Å². The third kappa shape index (κ3) is 3.38. The van der Waals surface area contributed by atoms with E-state index in [0.29, 0.717) is 34.3 Å². The molecule has 0 amide bonds. The number of hydrogen-bond donors (Lipinski definition) is 1. The van der Waals surface area contributed by atoms with Gasteiger partial charge in [-0.05, 0) is 48.2 Å². The van der Waals surface area contributed by atoms with Crippen LogP contribution in [0.1, 0.15) is 21.6 Å². The summed E-state index contributed by atoms with van der Waals surface area (Å²) in [6.07, 6.45) is 3.18. The zero-order valence-electron chi connectivity index (χ0n) is 14.9. The number of fused-ring (bicyclic) bond motifs is 1. The largest absolute Gasteiger partial charge is 0.504 e. The predicted octanol–water partition coefficient (Wildman–Crippen LogP) is 5.63. The molecule has 0 fully saturated rings. The molecule has 0 bridgehead atoms. The lowest BCUT2D eigenvalue weighted by atomic mass is 10.0. The topological polar surface area (TPSA) is 72.5 Å². The number of thiophene rings is 1. The van der Waals surface area contributed by atoms with Crippen molar-refractivity contribution in [1.82, 2.24) is 4.98 Å². The summed E-state index contributed by atoms with van der Waals surface area (Å²) < 4.78 is 0. The summed E-state index contributed by atoms with van der Waals surface area (Å²) in [5, 5.41) is 22.6. The minimum absolute atomic E-state index is 0.0427. The van der Waals surface area contributed by atoms with E-state index >= 15 is 0 Å². The van der Waals surface area contributed by atoms with Gasteiger partial charge in [-0.25, -0.2) is 9.98 Å². The van der Waals surface area contributed by atoms with E-state index in [-0.39, 0.29) is 5.76 Å². The molecule has 2 aromatic heterocycles. The van der Waals surface area contributed by atoms with Crippen molar-refractivity contribution in [1.29, 1.82) is 5.26 Å². The van der Waals surface area contributed by atoms with E-state index < -0.39 is 0 Å². The number of aliphatic hydroxyl groups is 1. The fourth-order valence-corrected chi connectivity index (χ4v) is 4.05. The van der Waals surface area contributed by atoms with E-state index in [2.05, 4.69) is 16.0 Å². The number of aromatic nitrogens is 1. The Hall–Kier alpha value is -3.14. The monoisotopic (exact) mass is 406 g/mol. The molecule has 0 radical (unpaired) electrons. The molecule has 7 heteroatoms. The van der Waals surface area contributed by atoms with E-state index in [1.54, 1.807) is 35.7 Å². The molecule has 1 aliphatic heterocycles. The first-order valence-corrected chi connectivity index (χ1v) is 9.77. The lowest BCUT2D eigenvalue weighted by molar-refractivity contribution is 0.445. The second-order valence-electron chi connectivity index (χ2n) is 6.30. The van der Waals surface area contributed by atoms with Crippen LogP contribution in [0.2, 0.25) is 5.15 Å². The number of halogens is 1. The van der Waals surface area contributed by atoms with Gasteiger partial charge in [0, 0.05) is 6.20 Å². The van der Waals surface area contributed by atoms with Crippen molar-refractivity contribution in [2.24, 2.45) is 4.99 Å². The van der Waals surface area contributed by atoms with E-state index in [1.165, 1.54) is 0 Å². The van der Waals surface area contributed by atoms with Crippen molar-refractivity contribution < 1.29 is 5.11 Å². The Bertz CT molecular complexity index is 1160. The van der Waals surface area contributed by atoms with Gasteiger partial charge in [-0.3, -0.25) is 0 Å². The molecule has 0 spiro atoms. The molecule has 28 heavy (non-hydrogen) atoms. The highest BCUT2D eigenvalue weighted by Crippen LogP contribution is 2.36. The number of hydrogen-bond acceptors (Lipinski definition) is 6. The first-order valence-electron chi connectivity index (χ1n) is 8.51. The number of amidine groups is 1. The number of aliphatic hydroxyl groups excluding tert-OH is 1. The van der Waals surface area contributed by atoms with Gasteiger partial charge in [0.1, 0.15) is 0 Å². The fourth-order valence-electron chi connectivity index (χ4n) is 3.03. The number of aryl methyl sites for hydroxylation is 1. The molecule has 1 aromatic carbocycles. The van der Waals surface area contributed by atoms with Crippen LogP contribution in [0.25, 0.3) is 6.08 Å². The number of anilines is 1. The van der Waals surface area contributed by atoms with Gasteiger partial charge in [-0.1, -0.05) is 29.3 Å². The summed E-state index contributed by atoms with van der Waals surface area (Å²) >= 11 is 7.91. The van der Waals surface area contributed by atoms with Gasteiger partial charge in [-0.15, -0.1) is 11.3 Å².